The molecular formula is C28H31N5O2. The van der Waals surface area contributed by atoms with Crippen molar-refractivity contribution in [2.24, 2.45) is 7.05 Å². The van der Waals surface area contributed by atoms with Gasteiger partial charge >= 0.3 is 0 Å². The lowest BCUT2D eigenvalue weighted by Crippen LogP contribution is -2.29. The fraction of sp³-hybridized carbons (Fsp3) is 0.286. The van der Waals surface area contributed by atoms with E-state index in [4.69, 9.17) is 5.21 Å². The Morgan fingerprint density at radius 3 is 2.94 bits per heavy atom. The van der Waals surface area contributed by atoms with Crippen LogP contribution in [-0.2, 0) is 31.2 Å². The average molecular weight is 470 g/mol. The van der Waals surface area contributed by atoms with E-state index in [2.05, 4.69) is 70.7 Å². The van der Waals surface area contributed by atoms with E-state index in [0.717, 1.165) is 43.6 Å². The van der Waals surface area contributed by atoms with Crippen molar-refractivity contribution < 1.29 is 10.0 Å². The third kappa shape index (κ3) is 4.92. The minimum absolute atomic E-state index is 0.327. The van der Waals surface area contributed by atoms with E-state index in [9.17, 15) is 4.79 Å². The van der Waals surface area contributed by atoms with Crippen LogP contribution in [0.2, 0.25) is 0 Å². The van der Waals surface area contributed by atoms with Crippen molar-refractivity contribution in [3.8, 4) is 0 Å². The Morgan fingerprint density at radius 1 is 1.29 bits per heavy atom. The molecule has 5 rings (SSSR count). The molecule has 1 amide bonds. The van der Waals surface area contributed by atoms with Gasteiger partial charge in [-0.05, 0) is 60.6 Å². The van der Waals surface area contributed by atoms with Crippen LogP contribution < -0.4 is 5.48 Å². The normalized spacial score (nSPS) is 15.4. The summed E-state index contributed by atoms with van der Waals surface area (Å²) in [6.07, 6.45) is 10.4. The number of H-pyrrole nitrogens is 1. The molecule has 0 spiro atoms. The van der Waals surface area contributed by atoms with Crippen LogP contribution >= 0.6 is 0 Å². The van der Waals surface area contributed by atoms with Crippen LogP contribution in [0, 0.1) is 6.92 Å². The van der Waals surface area contributed by atoms with Crippen molar-refractivity contribution in [1.82, 2.24) is 25.1 Å². The maximum atomic E-state index is 11.4. The zero-order chi connectivity index (χ0) is 24.4. The molecule has 0 saturated heterocycles. The first-order valence-corrected chi connectivity index (χ1v) is 12.0. The smallest absolute Gasteiger partial charge is 0.267 e. The molecular weight excluding hydrogens is 438 g/mol. The second-order valence-corrected chi connectivity index (χ2v) is 9.32. The van der Waals surface area contributed by atoms with Gasteiger partial charge < -0.3 is 4.98 Å². The number of benzene rings is 2. The number of amides is 1. The summed E-state index contributed by atoms with van der Waals surface area (Å²) in [4.78, 5) is 17.3. The van der Waals surface area contributed by atoms with Crippen LogP contribution in [0.25, 0.3) is 17.0 Å². The standard InChI is InChI=1S/C28H31N5O2/c1-19-23(17-32(2)30-19)18-33(14-13-22-16-29-26-6-4-3-5-24(22)26)27-11-9-21-15-20(7-10-25(21)27)8-12-28(34)31-35/h3-8,10,12,15-17,27,29,35H,9,11,13-14,18H2,1-2H3,(H,31,34). The van der Waals surface area contributed by atoms with Gasteiger partial charge in [0.1, 0.15) is 0 Å². The number of aromatic amines is 1. The van der Waals surface area contributed by atoms with Crippen molar-refractivity contribution in [2.45, 2.75) is 38.8 Å². The Morgan fingerprint density at radius 2 is 2.14 bits per heavy atom. The van der Waals surface area contributed by atoms with Crippen molar-refractivity contribution in [1.29, 1.82) is 0 Å². The Balaban J connectivity index is 1.40. The lowest BCUT2D eigenvalue weighted by atomic mass is 10.0. The minimum atomic E-state index is -0.529. The first-order valence-electron chi connectivity index (χ1n) is 12.0. The summed E-state index contributed by atoms with van der Waals surface area (Å²) < 4.78 is 1.90. The second kappa shape index (κ2) is 9.90. The van der Waals surface area contributed by atoms with Gasteiger partial charge in [0.05, 0.1) is 5.69 Å². The molecule has 0 radical (unpaired) electrons. The molecule has 2 aromatic heterocycles. The highest BCUT2D eigenvalue weighted by Gasteiger charge is 2.29. The summed E-state index contributed by atoms with van der Waals surface area (Å²) >= 11 is 0. The highest BCUT2D eigenvalue weighted by atomic mass is 16.5. The molecule has 4 aromatic rings. The Kier molecular flexibility index (Phi) is 6.53. The Bertz CT molecular complexity index is 1380. The number of rotatable bonds is 8. The van der Waals surface area contributed by atoms with Gasteiger partial charge in [-0.3, -0.25) is 19.6 Å². The summed E-state index contributed by atoms with van der Waals surface area (Å²) in [7, 11) is 1.98. The summed E-state index contributed by atoms with van der Waals surface area (Å²) in [6, 6.07) is 15.2. The quantitative estimate of drug-likeness (QED) is 0.202. The van der Waals surface area contributed by atoms with Crippen LogP contribution in [0.5, 0.6) is 0 Å². The molecule has 2 aromatic carbocycles. The van der Waals surface area contributed by atoms with Crippen molar-refractivity contribution in [3.63, 3.8) is 0 Å². The maximum absolute atomic E-state index is 11.4. The molecule has 1 unspecified atom stereocenters. The second-order valence-electron chi connectivity index (χ2n) is 9.32. The number of hydrogen-bond acceptors (Lipinski definition) is 4. The van der Waals surface area contributed by atoms with Gasteiger partial charge in [-0.1, -0.05) is 36.4 Å². The van der Waals surface area contributed by atoms with E-state index in [-0.39, 0.29) is 0 Å². The fourth-order valence-electron chi connectivity index (χ4n) is 5.28. The molecule has 0 saturated carbocycles. The zero-order valence-electron chi connectivity index (χ0n) is 20.2. The molecule has 0 aliphatic heterocycles. The van der Waals surface area contributed by atoms with Gasteiger partial charge in [-0.2, -0.15) is 5.10 Å². The monoisotopic (exact) mass is 469 g/mol. The molecule has 7 heteroatoms. The number of carbonyl (C=O) groups is 1. The molecule has 7 nitrogen and oxygen atoms in total. The topological polar surface area (TPSA) is 86.2 Å². The third-order valence-electron chi connectivity index (χ3n) is 7.02. The molecule has 2 heterocycles. The van der Waals surface area contributed by atoms with E-state index in [0.29, 0.717) is 6.04 Å². The largest absolute Gasteiger partial charge is 0.361 e. The molecule has 1 aliphatic carbocycles. The Labute approximate surface area is 205 Å². The number of aromatic nitrogens is 3. The van der Waals surface area contributed by atoms with Crippen molar-refractivity contribution >= 4 is 22.9 Å². The number of nitrogens with zero attached hydrogens (tertiary/aromatic N) is 3. The minimum Gasteiger partial charge on any atom is -0.361 e. The van der Waals surface area contributed by atoms with Crippen LogP contribution in [0.3, 0.4) is 0 Å². The van der Waals surface area contributed by atoms with Crippen LogP contribution in [0.15, 0.2) is 60.9 Å². The van der Waals surface area contributed by atoms with E-state index in [1.807, 2.05) is 17.8 Å². The summed E-state index contributed by atoms with van der Waals surface area (Å²) in [5, 5.41) is 14.6. The number of fused-ring (bicyclic) bond motifs is 2. The van der Waals surface area contributed by atoms with Crippen molar-refractivity contribution in [3.05, 3.63) is 94.4 Å². The summed E-state index contributed by atoms with van der Waals surface area (Å²) in [5.74, 6) is -0.529. The van der Waals surface area contributed by atoms with Gasteiger partial charge in [0.25, 0.3) is 5.91 Å². The first kappa shape index (κ1) is 23.1. The summed E-state index contributed by atoms with van der Waals surface area (Å²) in [6.45, 7) is 3.87. The lowest BCUT2D eigenvalue weighted by molar-refractivity contribution is -0.124. The predicted octanol–water partition coefficient (Wildman–Crippen LogP) is 4.46. The number of para-hydroxylation sites is 1. The molecule has 180 valence electrons. The average Bonchev–Trinajstić information content (AvgIpc) is 3.56. The third-order valence-corrected chi connectivity index (χ3v) is 7.02. The van der Waals surface area contributed by atoms with E-state index >= 15 is 0 Å². The first-order chi connectivity index (χ1) is 17.0. The van der Waals surface area contributed by atoms with Gasteiger partial charge in [0.15, 0.2) is 0 Å². The number of nitrogens with one attached hydrogen (secondary N) is 2. The van der Waals surface area contributed by atoms with Gasteiger partial charge in [0.2, 0.25) is 0 Å². The molecule has 0 bridgehead atoms. The highest BCUT2D eigenvalue weighted by Crippen LogP contribution is 2.37. The summed E-state index contributed by atoms with van der Waals surface area (Å²) in [5.41, 5.74) is 10.1. The van der Waals surface area contributed by atoms with E-state index in [1.54, 1.807) is 11.6 Å². The molecule has 1 atom stereocenters. The molecule has 0 fully saturated rings. The SMILES string of the molecule is Cc1nn(C)cc1CN(CCc1c[nH]c2ccccc12)C1CCc2cc(C=CC(=O)NO)ccc21. The number of carbonyl (C=O) groups excluding carboxylic acids is 1. The molecule has 1 aliphatic rings. The fourth-order valence-corrected chi connectivity index (χ4v) is 5.28. The Hall–Kier alpha value is -3.68. The van der Waals surface area contributed by atoms with Crippen molar-refractivity contribution in [2.75, 3.05) is 6.54 Å². The van der Waals surface area contributed by atoms with Crippen LogP contribution in [-0.4, -0.2) is 37.3 Å². The van der Waals surface area contributed by atoms with Gasteiger partial charge in [-0.25, -0.2) is 5.48 Å². The number of hydrogen-bond donors (Lipinski definition) is 3. The highest BCUT2D eigenvalue weighted by molar-refractivity contribution is 5.90. The number of aryl methyl sites for hydroxylation is 3. The van der Waals surface area contributed by atoms with Crippen LogP contribution in [0.4, 0.5) is 0 Å². The number of hydroxylamine groups is 1. The van der Waals surface area contributed by atoms with E-state index < -0.39 is 5.91 Å². The van der Waals surface area contributed by atoms with Gasteiger partial charge in [-0.15, -0.1) is 0 Å². The zero-order valence-corrected chi connectivity index (χ0v) is 20.2. The van der Waals surface area contributed by atoms with Gasteiger partial charge in [0, 0.05) is 61.1 Å². The lowest BCUT2D eigenvalue weighted by Gasteiger charge is -2.29. The molecule has 3 N–H and O–H groups in total. The maximum Gasteiger partial charge on any atom is 0.267 e. The van der Waals surface area contributed by atoms with E-state index in [1.165, 1.54) is 39.2 Å². The molecule has 35 heavy (non-hydrogen) atoms. The van der Waals surface area contributed by atoms with Crippen LogP contribution in [0.1, 0.15) is 46.0 Å². The predicted molar refractivity (Wildman–Crippen MR) is 137 cm³/mol.